The molecule has 3 fully saturated rings. The van der Waals surface area contributed by atoms with Crippen LogP contribution in [0, 0.1) is 11.8 Å². The summed E-state index contributed by atoms with van der Waals surface area (Å²) in [6, 6.07) is 12.2. The van der Waals surface area contributed by atoms with E-state index in [1.54, 1.807) is 55.5 Å². The van der Waals surface area contributed by atoms with Gasteiger partial charge in [-0.15, -0.1) is 0 Å². The van der Waals surface area contributed by atoms with Gasteiger partial charge in [-0.2, -0.15) is 0 Å². The quantitative estimate of drug-likeness (QED) is 0.433. The van der Waals surface area contributed by atoms with Gasteiger partial charge < -0.3 is 30.1 Å². The molecule has 208 valence electrons. The Labute approximate surface area is 232 Å². The Morgan fingerprint density at radius 2 is 1.85 bits per heavy atom. The van der Waals surface area contributed by atoms with Crippen LogP contribution in [-0.2, 0) is 19.1 Å². The van der Waals surface area contributed by atoms with E-state index in [0.717, 1.165) is 0 Å². The van der Waals surface area contributed by atoms with Crippen LogP contribution in [0.4, 0.5) is 11.4 Å². The molecule has 3 heterocycles. The minimum absolute atomic E-state index is 0.329. The molecule has 3 amide bonds. The molecule has 0 saturated carbocycles. The van der Waals surface area contributed by atoms with Crippen molar-refractivity contribution in [1.82, 2.24) is 4.90 Å². The maximum Gasteiger partial charge on any atom is 0.250 e. The Hall–Kier alpha value is -3.14. The zero-order chi connectivity index (χ0) is 27.9. The number of amides is 3. The molecule has 0 aromatic heterocycles. The first-order valence-electron chi connectivity index (χ1n) is 13.4. The lowest BCUT2D eigenvalue weighted by Gasteiger charge is -2.36. The van der Waals surface area contributed by atoms with Gasteiger partial charge in [0.05, 0.1) is 47.4 Å². The summed E-state index contributed by atoms with van der Waals surface area (Å²) in [5.41, 5.74) is -1.10. The first-order chi connectivity index (χ1) is 18.7. The summed E-state index contributed by atoms with van der Waals surface area (Å²) < 4.78 is 12.2. The molecule has 2 aromatic rings. The van der Waals surface area contributed by atoms with Gasteiger partial charge in [0.1, 0.15) is 17.4 Å². The lowest BCUT2D eigenvalue weighted by Crippen LogP contribution is -2.55. The summed E-state index contributed by atoms with van der Waals surface area (Å²) in [7, 11) is 0. The van der Waals surface area contributed by atoms with E-state index in [0.29, 0.717) is 48.0 Å². The van der Waals surface area contributed by atoms with Gasteiger partial charge in [-0.05, 0) is 69.5 Å². The SMILES string of the molecule is CCOc1ccc(NC(=O)[C@H]2[C@H]3C(=O)N([C@H](C)CO)C(C(=O)Nc4ccccc4Cl)C34CC[C@]2(CC)O4)cc1. The van der Waals surface area contributed by atoms with Gasteiger partial charge >= 0.3 is 0 Å². The van der Waals surface area contributed by atoms with Gasteiger partial charge in [0, 0.05) is 5.69 Å². The maximum atomic E-state index is 14.1. The monoisotopic (exact) mass is 555 g/mol. The third-order valence-corrected chi connectivity index (χ3v) is 8.78. The molecule has 5 rings (SSSR count). The lowest BCUT2D eigenvalue weighted by molar-refractivity contribution is -0.147. The van der Waals surface area contributed by atoms with Gasteiger partial charge in [0.15, 0.2) is 0 Å². The average Bonchev–Trinajstić information content (AvgIpc) is 3.54. The van der Waals surface area contributed by atoms with E-state index in [1.165, 1.54) is 4.90 Å². The molecule has 6 atom stereocenters. The molecule has 3 N–H and O–H groups in total. The van der Waals surface area contributed by atoms with Gasteiger partial charge in [0.25, 0.3) is 0 Å². The number of nitrogens with zero attached hydrogens (tertiary/aromatic N) is 1. The number of likely N-dealkylation sites (tertiary alicyclic amines) is 1. The number of halogens is 1. The Balaban J connectivity index is 1.50. The van der Waals surface area contributed by atoms with Gasteiger partial charge in [-0.25, -0.2) is 0 Å². The highest BCUT2D eigenvalue weighted by molar-refractivity contribution is 6.33. The minimum atomic E-state index is -1.21. The number of aliphatic hydroxyl groups excluding tert-OH is 1. The second-order valence-corrected chi connectivity index (χ2v) is 10.9. The number of rotatable bonds is 9. The van der Waals surface area contributed by atoms with Crippen LogP contribution < -0.4 is 15.4 Å². The summed E-state index contributed by atoms with van der Waals surface area (Å²) in [5.74, 6) is -2.14. The summed E-state index contributed by atoms with van der Waals surface area (Å²) >= 11 is 6.30. The fourth-order valence-corrected chi connectivity index (χ4v) is 6.88. The fraction of sp³-hybridized carbons (Fsp3) is 0.483. The molecule has 2 bridgehead atoms. The average molecular weight is 556 g/mol. The van der Waals surface area contributed by atoms with Crippen LogP contribution in [-0.4, -0.2) is 64.2 Å². The summed E-state index contributed by atoms with van der Waals surface area (Å²) in [6.07, 6.45) is 1.49. The molecule has 3 aliphatic heterocycles. The number of para-hydroxylation sites is 1. The standard InChI is InChI=1S/C29H34ClN3O6/c1-4-28-14-15-29(39-28)23(22(28)25(35)31-18-10-12-19(13-11-18)38-5-2)27(37)33(17(3)16-34)24(29)26(36)32-21-9-7-6-8-20(21)30/h6-13,17,22-24,34H,4-5,14-16H2,1-3H3,(H,31,35)(H,32,36)/t17-,22-,23+,24?,28+,29?/m1/s1. The molecule has 9 nitrogen and oxygen atoms in total. The topological polar surface area (TPSA) is 117 Å². The molecular weight excluding hydrogens is 522 g/mol. The molecule has 10 heteroatoms. The van der Waals surface area contributed by atoms with E-state index in [2.05, 4.69) is 10.6 Å². The maximum absolute atomic E-state index is 14.1. The van der Waals surface area contributed by atoms with E-state index in [-0.39, 0.29) is 18.4 Å². The van der Waals surface area contributed by atoms with Crippen LogP contribution in [0.15, 0.2) is 48.5 Å². The van der Waals surface area contributed by atoms with Crippen molar-refractivity contribution >= 4 is 40.7 Å². The Kier molecular flexibility index (Phi) is 7.35. The number of aliphatic hydroxyl groups is 1. The predicted octanol–water partition coefficient (Wildman–Crippen LogP) is 3.85. The number of ether oxygens (including phenoxy) is 2. The molecule has 0 radical (unpaired) electrons. The molecular formula is C29H34ClN3O6. The van der Waals surface area contributed by atoms with Crippen molar-refractivity contribution in [2.75, 3.05) is 23.8 Å². The first kappa shape index (κ1) is 27.4. The van der Waals surface area contributed by atoms with Crippen molar-refractivity contribution in [3.8, 4) is 5.75 Å². The molecule has 3 aliphatic rings. The summed E-state index contributed by atoms with van der Waals surface area (Å²) in [6.45, 7) is 5.71. The molecule has 39 heavy (non-hydrogen) atoms. The van der Waals surface area contributed by atoms with Crippen LogP contribution in [0.1, 0.15) is 40.0 Å². The summed E-state index contributed by atoms with van der Waals surface area (Å²) in [5, 5.41) is 16.2. The normalized spacial score (nSPS) is 29.7. The van der Waals surface area contributed by atoms with Crippen LogP contribution in [0.25, 0.3) is 0 Å². The number of fused-ring (bicyclic) bond motifs is 1. The van der Waals surface area contributed by atoms with E-state index in [1.807, 2.05) is 13.8 Å². The second kappa shape index (κ2) is 10.4. The highest BCUT2D eigenvalue weighted by Gasteiger charge is 2.79. The summed E-state index contributed by atoms with van der Waals surface area (Å²) in [4.78, 5) is 43.2. The highest BCUT2D eigenvalue weighted by Crippen LogP contribution is 2.64. The number of carbonyl (C=O) groups excluding carboxylic acids is 3. The molecule has 2 aromatic carbocycles. The largest absolute Gasteiger partial charge is 0.494 e. The van der Waals surface area contributed by atoms with Crippen molar-refractivity contribution in [1.29, 1.82) is 0 Å². The highest BCUT2D eigenvalue weighted by atomic mass is 35.5. The number of hydrogen-bond acceptors (Lipinski definition) is 6. The van der Waals surface area contributed by atoms with Crippen molar-refractivity contribution in [2.45, 2.75) is 63.3 Å². The number of nitrogens with one attached hydrogen (secondary N) is 2. The van der Waals surface area contributed by atoms with Crippen LogP contribution in [0.3, 0.4) is 0 Å². The zero-order valence-electron chi connectivity index (χ0n) is 22.3. The second-order valence-electron chi connectivity index (χ2n) is 10.5. The fourth-order valence-electron chi connectivity index (χ4n) is 6.70. The number of carbonyl (C=O) groups is 3. The van der Waals surface area contributed by atoms with Crippen molar-refractivity contribution in [2.24, 2.45) is 11.8 Å². The van der Waals surface area contributed by atoms with Gasteiger partial charge in [-0.1, -0.05) is 30.7 Å². The Morgan fingerprint density at radius 1 is 1.13 bits per heavy atom. The molecule has 1 spiro atoms. The molecule has 2 unspecified atom stereocenters. The minimum Gasteiger partial charge on any atom is -0.494 e. The Bertz CT molecular complexity index is 1270. The third-order valence-electron chi connectivity index (χ3n) is 8.45. The first-order valence-corrected chi connectivity index (χ1v) is 13.8. The van der Waals surface area contributed by atoms with Crippen LogP contribution in [0.5, 0.6) is 5.75 Å². The van der Waals surface area contributed by atoms with E-state index in [9.17, 15) is 19.5 Å². The number of anilines is 2. The number of hydrogen-bond donors (Lipinski definition) is 3. The van der Waals surface area contributed by atoms with Gasteiger partial charge in [0.2, 0.25) is 17.7 Å². The van der Waals surface area contributed by atoms with Crippen molar-refractivity contribution in [3.63, 3.8) is 0 Å². The zero-order valence-corrected chi connectivity index (χ0v) is 23.0. The van der Waals surface area contributed by atoms with E-state index < -0.39 is 41.0 Å². The Morgan fingerprint density at radius 3 is 2.49 bits per heavy atom. The third kappa shape index (κ3) is 4.37. The van der Waals surface area contributed by atoms with E-state index in [4.69, 9.17) is 21.1 Å². The van der Waals surface area contributed by atoms with Crippen molar-refractivity contribution < 1.29 is 29.0 Å². The number of benzene rings is 2. The smallest absolute Gasteiger partial charge is 0.250 e. The molecule has 3 saturated heterocycles. The molecule has 0 aliphatic carbocycles. The van der Waals surface area contributed by atoms with Crippen LogP contribution in [0.2, 0.25) is 5.02 Å². The van der Waals surface area contributed by atoms with Crippen LogP contribution >= 0.6 is 11.6 Å². The van der Waals surface area contributed by atoms with E-state index >= 15 is 0 Å². The van der Waals surface area contributed by atoms with Gasteiger partial charge in [-0.3, -0.25) is 14.4 Å². The lowest BCUT2D eigenvalue weighted by atomic mass is 9.65. The van der Waals surface area contributed by atoms with Crippen molar-refractivity contribution in [3.05, 3.63) is 53.6 Å². The predicted molar refractivity (Wildman–Crippen MR) is 147 cm³/mol.